The van der Waals surface area contributed by atoms with Gasteiger partial charge in [0.05, 0.1) is 5.69 Å². The van der Waals surface area contributed by atoms with Gasteiger partial charge in [0.2, 0.25) is 11.9 Å². The van der Waals surface area contributed by atoms with Crippen LogP contribution < -0.4 is 10.6 Å². The zero-order valence-corrected chi connectivity index (χ0v) is 15.5. The van der Waals surface area contributed by atoms with Crippen molar-refractivity contribution < 1.29 is 9.59 Å². The molecular formula is C20H25N5O2. The molecule has 0 bridgehead atoms. The van der Waals surface area contributed by atoms with Crippen molar-refractivity contribution in [2.45, 2.75) is 69.4 Å². The largest absolute Gasteiger partial charge is 0.354 e. The number of rotatable bonds is 2. The van der Waals surface area contributed by atoms with Crippen LogP contribution in [-0.4, -0.2) is 38.8 Å². The monoisotopic (exact) mass is 367 g/mol. The average Bonchev–Trinajstić information content (AvgIpc) is 3.08. The summed E-state index contributed by atoms with van der Waals surface area (Å²) in [6.07, 6.45) is 10.9. The van der Waals surface area contributed by atoms with E-state index in [0.717, 1.165) is 55.4 Å². The first-order chi connectivity index (χ1) is 13.2. The predicted octanol–water partition coefficient (Wildman–Crippen LogP) is 2.76. The van der Waals surface area contributed by atoms with Crippen molar-refractivity contribution in [3.8, 4) is 0 Å². The van der Waals surface area contributed by atoms with Gasteiger partial charge in [0.15, 0.2) is 5.78 Å². The van der Waals surface area contributed by atoms with Crippen molar-refractivity contribution in [2.75, 3.05) is 11.9 Å². The zero-order valence-electron chi connectivity index (χ0n) is 15.5. The fraction of sp³-hybridized carbons (Fsp3) is 0.600. The first-order valence-corrected chi connectivity index (χ1v) is 10.1. The highest BCUT2D eigenvalue weighted by Gasteiger charge is 2.41. The van der Waals surface area contributed by atoms with E-state index < -0.39 is 0 Å². The van der Waals surface area contributed by atoms with Gasteiger partial charge in [-0.15, -0.1) is 0 Å². The number of piperidine rings is 1. The number of fused-ring (bicyclic) bond motifs is 4. The van der Waals surface area contributed by atoms with E-state index in [4.69, 9.17) is 4.98 Å². The maximum absolute atomic E-state index is 12.6. The lowest BCUT2D eigenvalue weighted by Gasteiger charge is -2.42. The zero-order chi connectivity index (χ0) is 18.4. The Morgan fingerprint density at radius 1 is 1.15 bits per heavy atom. The minimum absolute atomic E-state index is 0.000985. The van der Waals surface area contributed by atoms with Crippen LogP contribution >= 0.6 is 0 Å². The molecule has 1 atom stereocenters. The molecule has 27 heavy (non-hydrogen) atoms. The van der Waals surface area contributed by atoms with Gasteiger partial charge in [0.1, 0.15) is 11.7 Å². The van der Waals surface area contributed by atoms with Gasteiger partial charge in [-0.05, 0) is 38.2 Å². The fourth-order valence-corrected chi connectivity index (χ4v) is 5.08. The molecule has 0 radical (unpaired) electrons. The molecule has 1 aliphatic carbocycles. The summed E-state index contributed by atoms with van der Waals surface area (Å²) in [7, 11) is 0. The molecule has 3 aliphatic rings. The highest BCUT2D eigenvalue weighted by Crippen LogP contribution is 2.45. The van der Waals surface area contributed by atoms with Crippen LogP contribution in [0.1, 0.15) is 68.3 Å². The van der Waals surface area contributed by atoms with Crippen molar-refractivity contribution in [1.82, 2.24) is 19.9 Å². The van der Waals surface area contributed by atoms with Crippen LogP contribution in [-0.2, 0) is 10.3 Å². The number of carbonyl (C=O) groups is 2. The third-order valence-corrected chi connectivity index (χ3v) is 6.49. The number of ketones is 1. The van der Waals surface area contributed by atoms with Crippen LogP contribution in [0.15, 0.2) is 12.3 Å². The first-order valence-electron chi connectivity index (χ1n) is 10.1. The molecule has 2 aliphatic heterocycles. The second-order valence-corrected chi connectivity index (χ2v) is 8.18. The third kappa shape index (κ3) is 2.71. The SMILES string of the molecule is O=C1CCC2(CCCCC2)n2c1cc1cnc(NC3CCCNC3=O)nc12. The summed E-state index contributed by atoms with van der Waals surface area (Å²) in [6, 6.07) is 1.65. The fourth-order valence-electron chi connectivity index (χ4n) is 5.08. The summed E-state index contributed by atoms with van der Waals surface area (Å²) in [5, 5.41) is 6.98. The molecule has 2 aromatic rings. The Morgan fingerprint density at radius 2 is 2.00 bits per heavy atom. The molecule has 5 rings (SSSR count). The van der Waals surface area contributed by atoms with Crippen LogP contribution in [0.25, 0.3) is 11.0 Å². The third-order valence-electron chi connectivity index (χ3n) is 6.49. The van der Waals surface area contributed by atoms with Crippen LogP contribution in [0, 0.1) is 0 Å². The molecule has 2 aromatic heterocycles. The first kappa shape index (κ1) is 16.7. The van der Waals surface area contributed by atoms with Crippen molar-refractivity contribution in [3.05, 3.63) is 18.0 Å². The Morgan fingerprint density at radius 3 is 2.81 bits per heavy atom. The van der Waals surface area contributed by atoms with Gasteiger partial charge >= 0.3 is 0 Å². The smallest absolute Gasteiger partial charge is 0.242 e. The number of nitrogens with one attached hydrogen (secondary N) is 2. The number of carbonyl (C=O) groups excluding carboxylic acids is 2. The lowest BCUT2D eigenvalue weighted by atomic mass is 9.75. The lowest BCUT2D eigenvalue weighted by molar-refractivity contribution is -0.123. The second kappa shape index (κ2) is 6.32. The average molecular weight is 367 g/mol. The molecule has 1 unspecified atom stereocenters. The van der Waals surface area contributed by atoms with Gasteiger partial charge in [-0.25, -0.2) is 4.98 Å². The summed E-state index contributed by atoms with van der Waals surface area (Å²) in [5.74, 6) is 0.667. The Hall–Kier alpha value is -2.44. The Kier molecular flexibility index (Phi) is 3.91. The normalized spacial score (nSPS) is 24.7. The summed E-state index contributed by atoms with van der Waals surface area (Å²) < 4.78 is 2.21. The molecule has 142 valence electrons. The summed E-state index contributed by atoms with van der Waals surface area (Å²) in [4.78, 5) is 33.8. The maximum Gasteiger partial charge on any atom is 0.242 e. The van der Waals surface area contributed by atoms with E-state index in [2.05, 4.69) is 20.2 Å². The number of aromatic nitrogens is 3. The van der Waals surface area contributed by atoms with Gasteiger partial charge in [-0.2, -0.15) is 4.98 Å². The maximum atomic E-state index is 12.6. The van der Waals surface area contributed by atoms with E-state index in [1.165, 1.54) is 19.3 Å². The molecule has 1 saturated carbocycles. The molecule has 1 amide bonds. The van der Waals surface area contributed by atoms with Crippen molar-refractivity contribution in [3.63, 3.8) is 0 Å². The van der Waals surface area contributed by atoms with E-state index in [1.54, 1.807) is 6.20 Å². The highest BCUT2D eigenvalue weighted by atomic mass is 16.2. The highest BCUT2D eigenvalue weighted by molar-refractivity contribution is 6.00. The molecule has 1 saturated heterocycles. The minimum Gasteiger partial charge on any atom is -0.354 e. The van der Waals surface area contributed by atoms with Crippen molar-refractivity contribution in [1.29, 1.82) is 0 Å². The molecule has 7 heteroatoms. The van der Waals surface area contributed by atoms with Crippen LogP contribution in [0.5, 0.6) is 0 Å². The van der Waals surface area contributed by atoms with E-state index in [9.17, 15) is 9.59 Å². The van der Waals surface area contributed by atoms with Gasteiger partial charge in [0.25, 0.3) is 0 Å². The molecule has 7 nitrogen and oxygen atoms in total. The van der Waals surface area contributed by atoms with Crippen LogP contribution in [0.3, 0.4) is 0 Å². The van der Waals surface area contributed by atoms with Gasteiger partial charge in [-0.1, -0.05) is 19.3 Å². The molecule has 2 N–H and O–H groups in total. The number of anilines is 1. The molecule has 0 aromatic carbocycles. The topological polar surface area (TPSA) is 88.9 Å². The number of Topliss-reactive ketones (excluding diaryl/α,β-unsaturated/α-hetero) is 1. The molecule has 1 spiro atoms. The van der Waals surface area contributed by atoms with Crippen LogP contribution in [0.2, 0.25) is 0 Å². The van der Waals surface area contributed by atoms with Gasteiger partial charge in [-0.3, -0.25) is 9.59 Å². The summed E-state index contributed by atoms with van der Waals surface area (Å²) >= 11 is 0. The van der Waals surface area contributed by atoms with Gasteiger partial charge in [0, 0.05) is 30.1 Å². The number of amides is 1. The standard InChI is InChI=1S/C20H25N5O2/c26-16-6-9-20(7-2-1-3-8-20)25-15(16)11-13-12-22-19(24-17(13)25)23-14-5-4-10-21-18(14)27/h11-12,14H,1-10H2,(H,21,27)(H,22,23,24). The number of hydrogen-bond acceptors (Lipinski definition) is 5. The second-order valence-electron chi connectivity index (χ2n) is 8.18. The Bertz CT molecular complexity index is 912. The van der Waals surface area contributed by atoms with Crippen molar-refractivity contribution >= 4 is 28.7 Å². The quantitative estimate of drug-likeness (QED) is 0.852. The van der Waals surface area contributed by atoms with Crippen LogP contribution in [0.4, 0.5) is 5.95 Å². The Labute approximate surface area is 157 Å². The predicted molar refractivity (Wildman–Crippen MR) is 102 cm³/mol. The summed E-state index contributed by atoms with van der Waals surface area (Å²) in [5.41, 5.74) is 1.62. The molecular weight excluding hydrogens is 342 g/mol. The molecule has 2 fully saturated rings. The molecule has 4 heterocycles. The van der Waals surface area contributed by atoms with E-state index in [-0.39, 0.29) is 23.3 Å². The lowest BCUT2D eigenvalue weighted by Crippen LogP contribution is -2.44. The van der Waals surface area contributed by atoms with E-state index >= 15 is 0 Å². The van der Waals surface area contributed by atoms with E-state index in [1.807, 2.05) is 6.07 Å². The number of hydrogen-bond donors (Lipinski definition) is 2. The summed E-state index contributed by atoms with van der Waals surface area (Å²) in [6.45, 7) is 0.730. The minimum atomic E-state index is -0.294. The van der Waals surface area contributed by atoms with Crippen molar-refractivity contribution in [2.24, 2.45) is 0 Å². The number of nitrogens with zero attached hydrogens (tertiary/aromatic N) is 3. The van der Waals surface area contributed by atoms with E-state index in [0.29, 0.717) is 12.4 Å². The van der Waals surface area contributed by atoms with Gasteiger partial charge < -0.3 is 15.2 Å². The Balaban J connectivity index is 1.57.